The van der Waals surface area contributed by atoms with Gasteiger partial charge in [0.1, 0.15) is 0 Å². The Morgan fingerprint density at radius 1 is 1.55 bits per heavy atom. The second-order valence-electron chi connectivity index (χ2n) is 5.61. The number of nitrogens with one attached hydrogen (secondary N) is 2. The first-order valence-corrected chi connectivity index (χ1v) is 7.33. The van der Waals surface area contributed by atoms with E-state index in [0.717, 1.165) is 24.3 Å². The fraction of sp³-hybridized carbons (Fsp3) is 0.375. The van der Waals surface area contributed by atoms with Gasteiger partial charge in [-0.05, 0) is 31.2 Å². The summed E-state index contributed by atoms with van der Waals surface area (Å²) >= 11 is 0. The topological polar surface area (TPSA) is 68.2 Å². The molecule has 22 heavy (non-hydrogen) atoms. The Kier molecular flexibility index (Phi) is 4.22. The molecular formula is C16H20N4O2. The number of imidazole rings is 1. The van der Waals surface area contributed by atoms with Crippen LogP contribution in [0.3, 0.4) is 0 Å². The van der Waals surface area contributed by atoms with Gasteiger partial charge in [-0.15, -0.1) is 0 Å². The van der Waals surface area contributed by atoms with Gasteiger partial charge >= 0.3 is 0 Å². The average Bonchev–Trinajstić information content (AvgIpc) is 3.20. The molecule has 0 saturated carbocycles. The second kappa shape index (κ2) is 6.29. The molecule has 1 aromatic carbocycles. The molecule has 116 valence electrons. The lowest BCUT2D eigenvalue weighted by Gasteiger charge is -2.26. The third-order valence-electron chi connectivity index (χ3n) is 4.05. The molecule has 1 saturated heterocycles. The zero-order chi connectivity index (χ0) is 15.4. The molecule has 2 N–H and O–H groups in total. The molecule has 1 atom stereocenters. The predicted octanol–water partition coefficient (Wildman–Crippen LogP) is 1.44. The Labute approximate surface area is 129 Å². The van der Waals surface area contributed by atoms with Gasteiger partial charge in [0, 0.05) is 37.4 Å². The zero-order valence-electron chi connectivity index (χ0n) is 12.6. The molecule has 2 heterocycles. The smallest absolute Gasteiger partial charge is 0.234 e. The molecule has 3 rings (SSSR count). The minimum absolute atomic E-state index is 0.00197. The Morgan fingerprint density at radius 2 is 2.45 bits per heavy atom. The van der Waals surface area contributed by atoms with E-state index >= 15 is 0 Å². The number of aromatic nitrogens is 2. The number of anilines is 1. The van der Waals surface area contributed by atoms with Gasteiger partial charge in [-0.25, -0.2) is 4.98 Å². The quantitative estimate of drug-likeness (QED) is 0.877. The van der Waals surface area contributed by atoms with E-state index in [-0.39, 0.29) is 5.91 Å². The van der Waals surface area contributed by atoms with E-state index in [4.69, 9.17) is 4.74 Å². The molecule has 6 heteroatoms. The molecule has 1 aliphatic rings. The summed E-state index contributed by atoms with van der Waals surface area (Å²) in [7, 11) is 1.63. The Bertz CT molecular complexity index is 633. The molecule has 0 bridgehead atoms. The van der Waals surface area contributed by atoms with Crippen LogP contribution in [0.4, 0.5) is 5.69 Å². The van der Waals surface area contributed by atoms with E-state index in [1.54, 1.807) is 19.6 Å². The van der Waals surface area contributed by atoms with Crippen LogP contribution in [0.5, 0.6) is 0 Å². The maximum absolute atomic E-state index is 12.7. The van der Waals surface area contributed by atoms with Crippen LogP contribution < -0.4 is 10.6 Å². The van der Waals surface area contributed by atoms with Crippen molar-refractivity contribution in [1.29, 1.82) is 0 Å². The van der Waals surface area contributed by atoms with Crippen molar-refractivity contribution < 1.29 is 9.53 Å². The molecule has 2 aromatic rings. The van der Waals surface area contributed by atoms with E-state index < -0.39 is 5.41 Å². The molecule has 1 unspecified atom stereocenters. The van der Waals surface area contributed by atoms with Gasteiger partial charge in [0.25, 0.3) is 0 Å². The first-order chi connectivity index (χ1) is 10.7. The summed E-state index contributed by atoms with van der Waals surface area (Å²) < 4.78 is 7.16. The van der Waals surface area contributed by atoms with Gasteiger partial charge in [0.15, 0.2) is 0 Å². The fourth-order valence-corrected chi connectivity index (χ4v) is 2.82. The number of hydrogen-bond acceptors (Lipinski definition) is 4. The third kappa shape index (κ3) is 2.88. The summed E-state index contributed by atoms with van der Waals surface area (Å²) in [4.78, 5) is 16.7. The minimum Gasteiger partial charge on any atom is -0.384 e. The maximum atomic E-state index is 12.7. The van der Waals surface area contributed by atoms with Gasteiger partial charge in [-0.2, -0.15) is 0 Å². The number of benzene rings is 1. The van der Waals surface area contributed by atoms with Gasteiger partial charge < -0.3 is 19.9 Å². The highest BCUT2D eigenvalue weighted by molar-refractivity contribution is 5.96. The van der Waals surface area contributed by atoms with Gasteiger partial charge in [-0.3, -0.25) is 4.79 Å². The standard InChI is InChI=1S/C16H20N4O2/c1-22-11-16(5-6-17-10-16)15(21)19-13-3-2-4-14(9-13)20-8-7-18-12-20/h2-4,7-9,12,17H,5-6,10-11H2,1H3,(H,19,21). The summed E-state index contributed by atoms with van der Waals surface area (Å²) in [5, 5.41) is 6.26. The normalized spacial score (nSPS) is 21.0. The molecule has 1 aromatic heterocycles. The Hall–Kier alpha value is -2.18. The summed E-state index contributed by atoms with van der Waals surface area (Å²) in [5.74, 6) is 0.00197. The first kappa shape index (κ1) is 14.7. The van der Waals surface area contributed by atoms with Crippen molar-refractivity contribution in [2.45, 2.75) is 6.42 Å². The average molecular weight is 300 g/mol. The van der Waals surface area contributed by atoms with Crippen LogP contribution in [0.15, 0.2) is 43.0 Å². The minimum atomic E-state index is -0.486. The summed E-state index contributed by atoms with van der Waals surface area (Å²) in [6.45, 7) is 1.91. The number of nitrogens with zero attached hydrogens (tertiary/aromatic N) is 2. The Balaban J connectivity index is 1.78. The molecule has 0 radical (unpaired) electrons. The van der Waals surface area contributed by atoms with Crippen LogP contribution in [-0.2, 0) is 9.53 Å². The van der Waals surface area contributed by atoms with Crippen molar-refractivity contribution in [1.82, 2.24) is 14.9 Å². The van der Waals surface area contributed by atoms with Crippen molar-refractivity contribution in [3.8, 4) is 5.69 Å². The van der Waals surface area contributed by atoms with Crippen LogP contribution in [-0.4, -0.2) is 42.3 Å². The summed E-state index contributed by atoms with van der Waals surface area (Å²) in [5.41, 5.74) is 1.25. The van der Waals surface area contributed by atoms with Crippen molar-refractivity contribution in [3.63, 3.8) is 0 Å². The monoisotopic (exact) mass is 300 g/mol. The number of rotatable bonds is 5. The van der Waals surface area contributed by atoms with Crippen LogP contribution in [0.2, 0.25) is 0 Å². The number of carbonyl (C=O) groups excluding carboxylic acids is 1. The zero-order valence-corrected chi connectivity index (χ0v) is 12.6. The molecule has 1 fully saturated rings. The van der Waals surface area contributed by atoms with Crippen molar-refractivity contribution in [2.24, 2.45) is 5.41 Å². The van der Waals surface area contributed by atoms with E-state index in [1.807, 2.05) is 35.0 Å². The highest BCUT2D eigenvalue weighted by Crippen LogP contribution is 2.28. The lowest BCUT2D eigenvalue weighted by molar-refractivity contribution is -0.127. The molecular weight excluding hydrogens is 280 g/mol. The van der Waals surface area contributed by atoms with Crippen molar-refractivity contribution in [3.05, 3.63) is 43.0 Å². The van der Waals surface area contributed by atoms with Crippen LogP contribution >= 0.6 is 0 Å². The largest absolute Gasteiger partial charge is 0.384 e. The van der Waals surface area contributed by atoms with Crippen LogP contribution in [0.25, 0.3) is 5.69 Å². The Morgan fingerprint density at radius 3 is 3.14 bits per heavy atom. The van der Waals surface area contributed by atoms with E-state index in [0.29, 0.717) is 13.2 Å². The highest BCUT2D eigenvalue weighted by Gasteiger charge is 2.41. The molecule has 1 aliphatic heterocycles. The number of methoxy groups -OCH3 is 1. The number of hydrogen-bond donors (Lipinski definition) is 2. The predicted molar refractivity (Wildman–Crippen MR) is 84.0 cm³/mol. The SMILES string of the molecule is COCC1(C(=O)Nc2cccc(-n3ccnc3)c2)CCNC1. The van der Waals surface area contributed by atoms with Crippen LogP contribution in [0.1, 0.15) is 6.42 Å². The van der Waals surface area contributed by atoms with E-state index in [1.165, 1.54) is 0 Å². The lowest BCUT2D eigenvalue weighted by Crippen LogP contribution is -2.41. The van der Waals surface area contributed by atoms with E-state index in [2.05, 4.69) is 15.6 Å². The highest BCUT2D eigenvalue weighted by atomic mass is 16.5. The van der Waals surface area contributed by atoms with Gasteiger partial charge in [0.2, 0.25) is 5.91 Å². The molecule has 1 amide bonds. The lowest BCUT2D eigenvalue weighted by atomic mass is 9.87. The number of carbonyl (C=O) groups is 1. The number of ether oxygens (including phenoxy) is 1. The summed E-state index contributed by atoms with van der Waals surface area (Å²) in [6.07, 6.45) is 6.11. The van der Waals surface area contributed by atoms with E-state index in [9.17, 15) is 4.79 Å². The fourth-order valence-electron chi connectivity index (χ4n) is 2.82. The maximum Gasteiger partial charge on any atom is 0.234 e. The third-order valence-corrected chi connectivity index (χ3v) is 4.05. The molecule has 6 nitrogen and oxygen atoms in total. The summed E-state index contributed by atoms with van der Waals surface area (Å²) in [6, 6.07) is 7.71. The second-order valence-corrected chi connectivity index (χ2v) is 5.61. The van der Waals surface area contributed by atoms with Gasteiger partial charge in [-0.1, -0.05) is 6.07 Å². The van der Waals surface area contributed by atoms with Crippen molar-refractivity contribution >= 4 is 11.6 Å². The van der Waals surface area contributed by atoms with Crippen LogP contribution in [0, 0.1) is 5.41 Å². The number of amides is 1. The van der Waals surface area contributed by atoms with Crippen molar-refractivity contribution in [2.75, 3.05) is 32.1 Å². The molecule has 0 spiro atoms. The first-order valence-electron chi connectivity index (χ1n) is 7.33. The van der Waals surface area contributed by atoms with Gasteiger partial charge in [0.05, 0.1) is 18.3 Å². The molecule has 0 aliphatic carbocycles.